The Balaban J connectivity index is 2.39. The Bertz CT molecular complexity index is 409. The SMILES string of the molecule is Cn1nccc1CNC(=O)NC(CO)CC(C)(C)C. The van der Waals surface area contributed by atoms with Gasteiger partial charge in [-0.15, -0.1) is 0 Å². The maximum atomic E-state index is 11.7. The standard InChI is InChI=1S/C13H24N4O2/c1-13(2,3)7-10(9-18)16-12(19)14-8-11-5-6-15-17(11)4/h5-6,10,18H,7-9H2,1-4H3,(H2,14,16,19). The second-order valence-corrected chi connectivity index (χ2v) is 5.92. The molecule has 1 heterocycles. The van der Waals surface area contributed by atoms with Crippen molar-refractivity contribution in [2.45, 2.75) is 39.8 Å². The molecular weight excluding hydrogens is 244 g/mol. The van der Waals surface area contributed by atoms with Crippen LogP contribution in [-0.4, -0.2) is 33.6 Å². The normalized spacial score (nSPS) is 13.1. The van der Waals surface area contributed by atoms with Crippen molar-refractivity contribution in [2.24, 2.45) is 12.5 Å². The lowest BCUT2D eigenvalue weighted by Gasteiger charge is -2.25. The first-order valence-electron chi connectivity index (χ1n) is 6.44. The van der Waals surface area contributed by atoms with Crippen LogP contribution in [0.25, 0.3) is 0 Å². The number of nitrogens with zero attached hydrogens (tertiary/aromatic N) is 2. The highest BCUT2D eigenvalue weighted by molar-refractivity contribution is 5.74. The molecule has 2 amide bonds. The molecular formula is C13H24N4O2. The molecule has 0 fully saturated rings. The molecule has 0 aliphatic carbocycles. The van der Waals surface area contributed by atoms with E-state index >= 15 is 0 Å². The van der Waals surface area contributed by atoms with E-state index in [1.165, 1.54) is 0 Å². The maximum Gasteiger partial charge on any atom is 0.315 e. The van der Waals surface area contributed by atoms with Crippen LogP contribution >= 0.6 is 0 Å². The van der Waals surface area contributed by atoms with Gasteiger partial charge < -0.3 is 15.7 Å². The van der Waals surface area contributed by atoms with Crippen LogP contribution in [0.1, 0.15) is 32.9 Å². The Hall–Kier alpha value is -1.56. The van der Waals surface area contributed by atoms with Gasteiger partial charge in [-0.3, -0.25) is 4.68 Å². The smallest absolute Gasteiger partial charge is 0.315 e. The Labute approximate surface area is 114 Å². The van der Waals surface area contributed by atoms with Crippen LogP contribution < -0.4 is 10.6 Å². The van der Waals surface area contributed by atoms with Gasteiger partial charge in [-0.05, 0) is 17.9 Å². The van der Waals surface area contributed by atoms with Crippen LogP contribution in [0, 0.1) is 5.41 Å². The highest BCUT2D eigenvalue weighted by atomic mass is 16.3. The molecule has 3 N–H and O–H groups in total. The van der Waals surface area contributed by atoms with Crippen molar-refractivity contribution in [3.8, 4) is 0 Å². The number of aromatic nitrogens is 2. The van der Waals surface area contributed by atoms with E-state index in [-0.39, 0.29) is 24.1 Å². The summed E-state index contributed by atoms with van der Waals surface area (Å²) in [4.78, 5) is 11.7. The lowest BCUT2D eigenvalue weighted by Crippen LogP contribution is -2.45. The van der Waals surface area contributed by atoms with Gasteiger partial charge in [-0.1, -0.05) is 20.8 Å². The van der Waals surface area contributed by atoms with Gasteiger partial charge in [0.2, 0.25) is 0 Å². The number of hydrogen-bond donors (Lipinski definition) is 3. The van der Waals surface area contributed by atoms with Crippen LogP contribution in [0.2, 0.25) is 0 Å². The highest BCUT2D eigenvalue weighted by Gasteiger charge is 2.19. The van der Waals surface area contributed by atoms with Gasteiger partial charge in [0.25, 0.3) is 0 Å². The first-order chi connectivity index (χ1) is 8.81. The molecule has 0 bridgehead atoms. The monoisotopic (exact) mass is 268 g/mol. The van der Waals surface area contributed by atoms with Crippen LogP contribution in [-0.2, 0) is 13.6 Å². The van der Waals surface area contributed by atoms with E-state index in [4.69, 9.17) is 0 Å². The average Bonchev–Trinajstić information content (AvgIpc) is 2.69. The summed E-state index contributed by atoms with van der Waals surface area (Å²) in [5, 5.41) is 18.8. The second-order valence-electron chi connectivity index (χ2n) is 5.92. The predicted molar refractivity (Wildman–Crippen MR) is 73.5 cm³/mol. The fourth-order valence-electron chi connectivity index (χ4n) is 1.88. The molecule has 108 valence electrons. The van der Waals surface area contributed by atoms with E-state index in [1.807, 2.05) is 13.1 Å². The summed E-state index contributed by atoms with van der Waals surface area (Å²) in [5.41, 5.74) is 0.981. The number of aryl methyl sites for hydroxylation is 1. The Morgan fingerprint density at radius 3 is 2.68 bits per heavy atom. The molecule has 6 heteroatoms. The molecule has 0 spiro atoms. The third kappa shape index (κ3) is 5.74. The van der Waals surface area contributed by atoms with Gasteiger partial charge in [0.05, 0.1) is 24.9 Å². The quantitative estimate of drug-likeness (QED) is 0.746. The Morgan fingerprint density at radius 2 is 2.21 bits per heavy atom. The average molecular weight is 268 g/mol. The molecule has 0 aliphatic rings. The number of hydrogen-bond acceptors (Lipinski definition) is 3. The number of carbonyl (C=O) groups is 1. The lowest BCUT2D eigenvalue weighted by atomic mass is 9.88. The molecule has 0 aromatic carbocycles. The minimum Gasteiger partial charge on any atom is -0.394 e. The van der Waals surface area contributed by atoms with Crippen LogP contribution in [0.3, 0.4) is 0 Å². The van der Waals surface area contributed by atoms with Gasteiger partial charge in [0.1, 0.15) is 0 Å². The minimum atomic E-state index is -0.274. The molecule has 19 heavy (non-hydrogen) atoms. The molecule has 1 atom stereocenters. The van der Waals surface area contributed by atoms with Crippen LogP contribution in [0.5, 0.6) is 0 Å². The third-order valence-electron chi connectivity index (χ3n) is 2.77. The number of nitrogens with one attached hydrogen (secondary N) is 2. The Morgan fingerprint density at radius 1 is 1.53 bits per heavy atom. The minimum absolute atomic E-state index is 0.0582. The van der Waals surface area contributed by atoms with Gasteiger partial charge >= 0.3 is 6.03 Å². The van der Waals surface area contributed by atoms with Crippen molar-refractivity contribution in [2.75, 3.05) is 6.61 Å². The topological polar surface area (TPSA) is 79.2 Å². The summed E-state index contributed by atoms with van der Waals surface area (Å²) in [7, 11) is 1.82. The van der Waals surface area contributed by atoms with Gasteiger partial charge in [-0.2, -0.15) is 5.10 Å². The van der Waals surface area contributed by atoms with Crippen molar-refractivity contribution in [1.82, 2.24) is 20.4 Å². The number of amides is 2. The summed E-state index contributed by atoms with van der Waals surface area (Å²) in [6, 6.07) is 1.34. The molecule has 0 saturated carbocycles. The summed E-state index contributed by atoms with van der Waals surface area (Å²) in [6.07, 6.45) is 2.41. The fourth-order valence-corrected chi connectivity index (χ4v) is 1.88. The van der Waals surface area contributed by atoms with E-state index in [0.717, 1.165) is 12.1 Å². The lowest BCUT2D eigenvalue weighted by molar-refractivity contribution is 0.190. The van der Waals surface area contributed by atoms with E-state index in [2.05, 4.69) is 36.5 Å². The number of urea groups is 1. The van der Waals surface area contributed by atoms with E-state index in [9.17, 15) is 9.90 Å². The molecule has 1 aromatic rings. The van der Waals surface area contributed by atoms with E-state index in [1.54, 1.807) is 10.9 Å². The van der Waals surface area contributed by atoms with Crippen molar-refractivity contribution in [1.29, 1.82) is 0 Å². The zero-order valence-corrected chi connectivity index (χ0v) is 12.1. The first-order valence-corrected chi connectivity index (χ1v) is 6.44. The van der Waals surface area contributed by atoms with Crippen molar-refractivity contribution in [3.63, 3.8) is 0 Å². The van der Waals surface area contributed by atoms with Crippen molar-refractivity contribution >= 4 is 6.03 Å². The maximum absolute atomic E-state index is 11.7. The largest absolute Gasteiger partial charge is 0.394 e. The van der Waals surface area contributed by atoms with Crippen molar-refractivity contribution in [3.05, 3.63) is 18.0 Å². The third-order valence-corrected chi connectivity index (χ3v) is 2.77. The summed E-state index contributed by atoms with van der Waals surface area (Å²) in [5.74, 6) is 0. The summed E-state index contributed by atoms with van der Waals surface area (Å²) in [6.45, 7) is 6.58. The summed E-state index contributed by atoms with van der Waals surface area (Å²) < 4.78 is 1.71. The number of aliphatic hydroxyl groups is 1. The Kier molecular flexibility index (Phi) is 5.35. The van der Waals surface area contributed by atoms with Crippen LogP contribution in [0.15, 0.2) is 12.3 Å². The van der Waals surface area contributed by atoms with Gasteiger partial charge in [0, 0.05) is 13.2 Å². The summed E-state index contributed by atoms with van der Waals surface area (Å²) >= 11 is 0. The van der Waals surface area contributed by atoms with Crippen LogP contribution in [0.4, 0.5) is 4.79 Å². The highest BCUT2D eigenvalue weighted by Crippen LogP contribution is 2.20. The number of carbonyl (C=O) groups excluding carboxylic acids is 1. The van der Waals surface area contributed by atoms with E-state index in [0.29, 0.717) is 6.54 Å². The molecule has 1 rings (SSSR count). The molecule has 0 aliphatic heterocycles. The zero-order valence-electron chi connectivity index (χ0n) is 12.1. The molecule has 1 aromatic heterocycles. The first kappa shape index (κ1) is 15.5. The second kappa shape index (κ2) is 6.56. The van der Waals surface area contributed by atoms with Crippen molar-refractivity contribution < 1.29 is 9.90 Å². The number of rotatable bonds is 5. The molecule has 0 radical (unpaired) electrons. The molecule has 0 saturated heterocycles. The molecule has 1 unspecified atom stereocenters. The zero-order chi connectivity index (χ0) is 14.5. The predicted octanol–water partition coefficient (Wildman–Crippen LogP) is 1.02. The molecule has 6 nitrogen and oxygen atoms in total. The van der Waals surface area contributed by atoms with E-state index < -0.39 is 0 Å². The fraction of sp³-hybridized carbons (Fsp3) is 0.692. The van der Waals surface area contributed by atoms with Gasteiger partial charge in [-0.25, -0.2) is 4.79 Å². The number of aliphatic hydroxyl groups excluding tert-OH is 1. The van der Waals surface area contributed by atoms with Gasteiger partial charge in [0.15, 0.2) is 0 Å².